The van der Waals surface area contributed by atoms with E-state index in [0.717, 1.165) is 29.8 Å². The molecule has 2 atom stereocenters. The van der Waals surface area contributed by atoms with Gasteiger partial charge >= 0.3 is 0 Å². The van der Waals surface area contributed by atoms with Crippen LogP contribution in [0, 0.1) is 11.8 Å². The summed E-state index contributed by atoms with van der Waals surface area (Å²) in [6.07, 6.45) is 4.97. The number of benzene rings is 1. The molecule has 1 saturated carbocycles. The molecule has 0 bridgehead atoms. The molecular formula is C19H29N5O2. The topological polar surface area (TPSA) is 92.0 Å². The number of rotatable bonds is 8. The summed E-state index contributed by atoms with van der Waals surface area (Å²) in [7, 11) is 3.75. The van der Waals surface area contributed by atoms with Crippen LogP contribution in [0.3, 0.4) is 0 Å². The van der Waals surface area contributed by atoms with Crippen molar-refractivity contribution in [2.75, 3.05) is 40.3 Å². The highest BCUT2D eigenvalue weighted by Gasteiger charge is 2.44. The first kappa shape index (κ1) is 19.9. The Morgan fingerprint density at radius 3 is 2.58 bits per heavy atom. The van der Waals surface area contributed by atoms with E-state index in [-0.39, 0.29) is 0 Å². The molecule has 2 aliphatic rings. The van der Waals surface area contributed by atoms with Gasteiger partial charge in [-0.1, -0.05) is 0 Å². The van der Waals surface area contributed by atoms with Gasteiger partial charge in [0.15, 0.2) is 0 Å². The maximum absolute atomic E-state index is 10.1. The summed E-state index contributed by atoms with van der Waals surface area (Å²) in [6, 6.07) is 7.49. The predicted molar refractivity (Wildman–Crippen MR) is 105 cm³/mol. The van der Waals surface area contributed by atoms with Gasteiger partial charge in [-0.15, -0.1) is 0 Å². The first-order chi connectivity index (χ1) is 12.7. The van der Waals surface area contributed by atoms with E-state index in [1.165, 1.54) is 31.8 Å². The van der Waals surface area contributed by atoms with Gasteiger partial charge in [0.1, 0.15) is 18.2 Å². The predicted octanol–water partition coefficient (Wildman–Crippen LogP) is 1.10. The first-order valence-corrected chi connectivity index (χ1v) is 8.90. The second-order valence-electron chi connectivity index (χ2n) is 6.51. The fourth-order valence-corrected chi connectivity index (χ4v) is 2.95. The molecule has 1 aromatic carbocycles. The van der Waals surface area contributed by atoms with E-state index in [4.69, 9.17) is 10.5 Å². The van der Waals surface area contributed by atoms with Crippen molar-refractivity contribution in [3.8, 4) is 5.75 Å². The number of ether oxygens (including phenoxy) is 1. The van der Waals surface area contributed by atoms with Crippen molar-refractivity contribution in [2.24, 2.45) is 22.6 Å². The minimum atomic E-state index is 0.320. The average Bonchev–Trinajstić information content (AvgIpc) is 3.24. The molecule has 0 spiro atoms. The lowest BCUT2D eigenvalue weighted by Crippen LogP contribution is -2.27. The Morgan fingerprint density at radius 1 is 1.31 bits per heavy atom. The monoisotopic (exact) mass is 359 g/mol. The highest BCUT2D eigenvalue weighted by Crippen LogP contribution is 2.44. The van der Waals surface area contributed by atoms with Gasteiger partial charge in [0.25, 0.3) is 0 Å². The van der Waals surface area contributed by atoms with Crippen LogP contribution in [0.2, 0.25) is 0 Å². The first-order valence-electron chi connectivity index (χ1n) is 8.90. The van der Waals surface area contributed by atoms with Crippen LogP contribution < -0.4 is 21.1 Å². The molecule has 26 heavy (non-hydrogen) atoms. The standard InChI is InChI=1S/C17H22N4O2.C2H7N/c18-17(5-6-19-12-22)20-15-1-3-16(4-2-15)23-8-7-21-10-13-9-14(13)11-21;1-3-2/h1-6,12-14H,7-11H2,(H2,18,20)(H,19,22);3H,1-2H3/b6-5-;. The highest BCUT2D eigenvalue weighted by atomic mass is 16.5. The quantitative estimate of drug-likeness (QED) is 0.367. The van der Waals surface area contributed by atoms with E-state index in [1.807, 2.05) is 38.4 Å². The van der Waals surface area contributed by atoms with Gasteiger partial charge in [-0.05, 0) is 62.7 Å². The third-order valence-electron chi connectivity index (χ3n) is 4.24. The lowest BCUT2D eigenvalue weighted by atomic mass is 10.3. The van der Waals surface area contributed by atoms with E-state index in [0.29, 0.717) is 18.9 Å². The largest absolute Gasteiger partial charge is 0.492 e. The molecule has 2 unspecified atom stereocenters. The van der Waals surface area contributed by atoms with Gasteiger partial charge in [0.2, 0.25) is 6.41 Å². The number of hydrogen-bond donors (Lipinski definition) is 3. The van der Waals surface area contributed by atoms with E-state index in [2.05, 4.69) is 20.5 Å². The molecule has 1 aliphatic carbocycles. The molecule has 1 heterocycles. The molecule has 142 valence electrons. The normalized spacial score (nSPS) is 21.7. The summed E-state index contributed by atoms with van der Waals surface area (Å²) < 4.78 is 5.77. The highest BCUT2D eigenvalue weighted by molar-refractivity contribution is 5.93. The molecule has 3 rings (SSSR count). The van der Waals surface area contributed by atoms with Crippen molar-refractivity contribution in [3.63, 3.8) is 0 Å². The zero-order valence-electron chi connectivity index (χ0n) is 15.5. The van der Waals surface area contributed by atoms with Crippen LogP contribution in [0.25, 0.3) is 0 Å². The fourth-order valence-electron chi connectivity index (χ4n) is 2.95. The van der Waals surface area contributed by atoms with E-state index < -0.39 is 0 Å². The summed E-state index contributed by atoms with van der Waals surface area (Å²) in [5.74, 6) is 3.09. The number of piperidine rings is 1. The van der Waals surface area contributed by atoms with Crippen molar-refractivity contribution in [3.05, 3.63) is 36.5 Å². The van der Waals surface area contributed by atoms with Gasteiger partial charge < -0.3 is 21.1 Å². The van der Waals surface area contributed by atoms with Crippen LogP contribution in [0.5, 0.6) is 5.75 Å². The second-order valence-corrected chi connectivity index (χ2v) is 6.51. The van der Waals surface area contributed by atoms with Crippen LogP contribution >= 0.6 is 0 Å². The number of likely N-dealkylation sites (tertiary alicyclic amines) is 1. The summed E-state index contributed by atoms with van der Waals surface area (Å²) in [5.41, 5.74) is 6.46. The molecule has 4 N–H and O–H groups in total. The van der Waals surface area contributed by atoms with Crippen LogP contribution in [0.1, 0.15) is 6.42 Å². The smallest absolute Gasteiger partial charge is 0.211 e. The Morgan fingerprint density at radius 2 is 1.96 bits per heavy atom. The van der Waals surface area contributed by atoms with Crippen molar-refractivity contribution in [1.29, 1.82) is 0 Å². The number of carbonyl (C=O) groups is 1. The maximum Gasteiger partial charge on any atom is 0.211 e. The minimum absolute atomic E-state index is 0.320. The van der Waals surface area contributed by atoms with Gasteiger partial charge in [0.05, 0.1) is 5.69 Å². The van der Waals surface area contributed by atoms with Crippen molar-refractivity contribution >= 4 is 17.9 Å². The van der Waals surface area contributed by atoms with Crippen LogP contribution in [0.4, 0.5) is 5.69 Å². The second kappa shape index (κ2) is 10.6. The Balaban J connectivity index is 0.000000758. The Labute approximate surface area is 155 Å². The van der Waals surface area contributed by atoms with Crippen molar-refractivity contribution in [1.82, 2.24) is 15.5 Å². The van der Waals surface area contributed by atoms with Crippen LogP contribution in [-0.4, -0.2) is 57.5 Å². The summed E-state index contributed by atoms with van der Waals surface area (Å²) in [5, 5.41) is 5.13. The number of hydrogen-bond acceptors (Lipinski definition) is 5. The average molecular weight is 359 g/mol. The number of fused-ring (bicyclic) bond motifs is 1. The Kier molecular flexibility index (Phi) is 8.11. The SMILES string of the molecule is CNC.NC(/C=C\NC=O)=Nc1ccc(OCCN2CC3CC3C2)cc1. The van der Waals surface area contributed by atoms with E-state index >= 15 is 0 Å². The minimum Gasteiger partial charge on any atom is -0.492 e. The molecule has 2 fully saturated rings. The maximum atomic E-state index is 10.1. The number of nitrogens with zero attached hydrogens (tertiary/aromatic N) is 2. The summed E-state index contributed by atoms with van der Waals surface area (Å²) in [4.78, 5) is 16.8. The van der Waals surface area contributed by atoms with E-state index in [9.17, 15) is 4.79 Å². The van der Waals surface area contributed by atoms with Gasteiger partial charge in [-0.2, -0.15) is 0 Å². The molecule has 0 radical (unpaired) electrons. The Bertz CT molecular complexity index is 605. The molecular weight excluding hydrogens is 330 g/mol. The molecule has 1 amide bonds. The Hall–Kier alpha value is -2.38. The number of amidine groups is 1. The fraction of sp³-hybridized carbons (Fsp3) is 0.474. The summed E-state index contributed by atoms with van der Waals surface area (Å²) >= 11 is 0. The molecule has 1 aromatic rings. The molecule has 1 aliphatic heterocycles. The zero-order valence-corrected chi connectivity index (χ0v) is 15.5. The third-order valence-corrected chi connectivity index (χ3v) is 4.24. The van der Waals surface area contributed by atoms with Crippen LogP contribution in [0.15, 0.2) is 41.5 Å². The molecule has 0 aromatic heterocycles. The number of amides is 1. The lowest BCUT2D eigenvalue weighted by Gasteiger charge is -2.17. The number of nitrogens with one attached hydrogen (secondary N) is 2. The molecule has 1 saturated heterocycles. The third kappa shape index (κ3) is 6.85. The molecule has 7 nitrogen and oxygen atoms in total. The lowest BCUT2D eigenvalue weighted by molar-refractivity contribution is -0.108. The van der Waals surface area contributed by atoms with Gasteiger partial charge in [-0.25, -0.2) is 4.99 Å². The van der Waals surface area contributed by atoms with Crippen molar-refractivity contribution in [2.45, 2.75) is 6.42 Å². The molecule has 7 heteroatoms. The number of aliphatic imine (C=N–C) groups is 1. The van der Waals surface area contributed by atoms with Gasteiger partial charge in [-0.3, -0.25) is 9.69 Å². The van der Waals surface area contributed by atoms with Crippen molar-refractivity contribution < 1.29 is 9.53 Å². The zero-order chi connectivity index (χ0) is 18.8. The number of nitrogens with two attached hydrogens (primary N) is 1. The summed E-state index contributed by atoms with van der Waals surface area (Å²) in [6.45, 7) is 4.19. The van der Waals surface area contributed by atoms with Crippen LogP contribution in [-0.2, 0) is 4.79 Å². The number of carbonyl (C=O) groups excluding carboxylic acids is 1. The van der Waals surface area contributed by atoms with Gasteiger partial charge in [0, 0.05) is 25.8 Å². The van der Waals surface area contributed by atoms with E-state index in [1.54, 1.807) is 0 Å².